The molecule has 0 aliphatic carbocycles. The maximum Gasteiger partial charge on any atom is 0.247 e. The van der Waals surface area contributed by atoms with Crippen molar-refractivity contribution in [3.8, 4) is 0 Å². The largest absolute Gasteiger partial charge is 0.329 e. The first-order valence-corrected chi connectivity index (χ1v) is 9.80. The van der Waals surface area contributed by atoms with Crippen LogP contribution >= 0.6 is 11.3 Å². The number of nitrogens with zero attached hydrogens (tertiary/aromatic N) is 3. The van der Waals surface area contributed by atoms with E-state index in [9.17, 15) is 4.79 Å². The number of hydrogen-bond acceptors (Lipinski definition) is 4. The summed E-state index contributed by atoms with van der Waals surface area (Å²) in [5, 5.41) is 0.817. The van der Waals surface area contributed by atoms with Crippen LogP contribution in [0.3, 0.4) is 0 Å². The minimum atomic E-state index is -0.255. The van der Waals surface area contributed by atoms with Crippen LogP contribution in [-0.4, -0.2) is 27.8 Å². The molecule has 4 nitrogen and oxygen atoms in total. The summed E-state index contributed by atoms with van der Waals surface area (Å²) in [7, 11) is 1.80. The van der Waals surface area contributed by atoms with Crippen molar-refractivity contribution in [2.75, 3.05) is 7.05 Å². The summed E-state index contributed by atoms with van der Waals surface area (Å²) in [6, 6.07) is 23.4. The Morgan fingerprint density at radius 1 is 1.00 bits per heavy atom. The monoisotopic (exact) mass is 385 g/mol. The highest BCUT2D eigenvalue weighted by atomic mass is 32.1. The van der Waals surface area contributed by atoms with Crippen LogP contribution in [0.2, 0.25) is 0 Å². The number of carbonyl (C=O) groups excluding carboxylic acids is 1. The first-order chi connectivity index (χ1) is 13.7. The van der Waals surface area contributed by atoms with Gasteiger partial charge in [0.15, 0.2) is 0 Å². The van der Waals surface area contributed by atoms with E-state index in [2.05, 4.69) is 9.97 Å². The molecule has 2 aromatic heterocycles. The van der Waals surface area contributed by atoms with E-state index in [0.717, 1.165) is 26.5 Å². The Bertz CT molecular complexity index is 1030. The Morgan fingerprint density at radius 2 is 1.75 bits per heavy atom. The van der Waals surface area contributed by atoms with E-state index in [4.69, 9.17) is 0 Å². The Labute approximate surface area is 167 Å². The predicted molar refractivity (Wildman–Crippen MR) is 114 cm³/mol. The minimum absolute atomic E-state index is 0.0984. The lowest BCUT2D eigenvalue weighted by Crippen LogP contribution is -2.31. The van der Waals surface area contributed by atoms with E-state index in [1.165, 1.54) is 0 Å². The smallest absolute Gasteiger partial charge is 0.247 e. The Hall–Kier alpha value is -3.31. The fraction of sp³-hybridized carbons (Fsp3) is 0.0870. The molecule has 0 bridgehead atoms. The molecule has 0 N–H and O–H groups in total. The van der Waals surface area contributed by atoms with Crippen molar-refractivity contribution < 1.29 is 4.79 Å². The van der Waals surface area contributed by atoms with Crippen LogP contribution in [0.25, 0.3) is 16.3 Å². The van der Waals surface area contributed by atoms with Crippen LogP contribution in [0.1, 0.15) is 22.3 Å². The van der Waals surface area contributed by atoms with E-state index in [-0.39, 0.29) is 11.9 Å². The Balaban J connectivity index is 1.61. The molecule has 1 amide bonds. The second kappa shape index (κ2) is 8.15. The highest BCUT2D eigenvalue weighted by Gasteiger charge is 2.23. The molecule has 0 saturated heterocycles. The van der Waals surface area contributed by atoms with Crippen molar-refractivity contribution in [2.45, 2.75) is 6.04 Å². The van der Waals surface area contributed by atoms with Gasteiger partial charge in [-0.25, -0.2) is 4.98 Å². The summed E-state index contributed by atoms with van der Waals surface area (Å²) in [6.45, 7) is 0. The van der Waals surface area contributed by atoms with Crippen molar-refractivity contribution in [2.24, 2.45) is 0 Å². The third-order valence-corrected chi connectivity index (χ3v) is 5.50. The summed E-state index contributed by atoms with van der Waals surface area (Å²) in [4.78, 5) is 23.6. The molecule has 138 valence electrons. The molecule has 2 heterocycles. The van der Waals surface area contributed by atoms with Gasteiger partial charge in [-0.3, -0.25) is 9.78 Å². The zero-order chi connectivity index (χ0) is 19.3. The molecular weight excluding hydrogens is 366 g/mol. The van der Waals surface area contributed by atoms with Gasteiger partial charge in [-0.2, -0.15) is 0 Å². The predicted octanol–water partition coefficient (Wildman–Crippen LogP) is 4.95. The summed E-state index contributed by atoms with van der Waals surface area (Å²) >= 11 is 1.57. The average Bonchev–Trinajstić information content (AvgIpc) is 3.17. The van der Waals surface area contributed by atoms with E-state index in [0.29, 0.717) is 0 Å². The second-order valence-electron chi connectivity index (χ2n) is 6.37. The first kappa shape index (κ1) is 18.1. The summed E-state index contributed by atoms with van der Waals surface area (Å²) in [6.07, 6.45) is 5.11. The van der Waals surface area contributed by atoms with Crippen LogP contribution in [0.4, 0.5) is 0 Å². The van der Waals surface area contributed by atoms with Crippen LogP contribution in [0, 0.1) is 0 Å². The molecular formula is C23H19N3OS. The number of hydrogen-bond donors (Lipinski definition) is 0. The highest BCUT2D eigenvalue weighted by molar-refractivity contribution is 7.19. The lowest BCUT2D eigenvalue weighted by atomic mass is 10.0. The maximum atomic E-state index is 12.9. The average molecular weight is 385 g/mol. The topological polar surface area (TPSA) is 46.1 Å². The number of benzene rings is 2. The van der Waals surface area contributed by atoms with Crippen molar-refractivity contribution in [3.05, 3.63) is 101 Å². The third-order valence-electron chi connectivity index (χ3n) is 4.50. The van der Waals surface area contributed by atoms with Gasteiger partial charge in [-0.1, -0.05) is 48.5 Å². The molecule has 5 heteroatoms. The number of likely N-dealkylation sites (N-methyl/N-ethyl adjacent to an activating group) is 1. The first-order valence-electron chi connectivity index (χ1n) is 8.99. The Kier molecular flexibility index (Phi) is 5.26. The van der Waals surface area contributed by atoms with E-state index >= 15 is 0 Å². The molecule has 4 aromatic rings. The normalized spacial score (nSPS) is 12.3. The molecule has 0 aliphatic rings. The summed E-state index contributed by atoms with van der Waals surface area (Å²) < 4.78 is 1.11. The van der Waals surface area contributed by atoms with Gasteiger partial charge >= 0.3 is 0 Å². The molecule has 2 aromatic carbocycles. The number of pyridine rings is 1. The van der Waals surface area contributed by atoms with Gasteiger partial charge in [0, 0.05) is 19.3 Å². The maximum absolute atomic E-state index is 12.9. The van der Waals surface area contributed by atoms with Gasteiger partial charge in [0.1, 0.15) is 5.01 Å². The summed E-state index contributed by atoms with van der Waals surface area (Å²) in [5.74, 6) is -0.0984. The zero-order valence-electron chi connectivity index (χ0n) is 15.4. The standard InChI is InChI=1S/C23H19N3OS/c1-26(22(27)15-14-21-25-18-11-5-6-13-20(18)28-21)23(17-9-3-2-4-10-17)19-12-7-8-16-24-19/h2-16,23H,1H3. The van der Waals surface area contributed by atoms with Gasteiger partial charge in [-0.15, -0.1) is 11.3 Å². The van der Waals surface area contributed by atoms with E-state index in [1.54, 1.807) is 41.6 Å². The van der Waals surface area contributed by atoms with Crippen molar-refractivity contribution in [3.63, 3.8) is 0 Å². The highest BCUT2D eigenvalue weighted by Crippen LogP contribution is 2.27. The molecule has 0 saturated carbocycles. The molecule has 4 rings (SSSR count). The van der Waals surface area contributed by atoms with Gasteiger partial charge in [0.25, 0.3) is 0 Å². The van der Waals surface area contributed by atoms with Gasteiger partial charge in [-0.05, 0) is 35.9 Å². The number of rotatable bonds is 5. The number of para-hydroxylation sites is 1. The summed E-state index contributed by atoms with van der Waals surface area (Å²) in [5.41, 5.74) is 2.80. The van der Waals surface area contributed by atoms with E-state index in [1.807, 2.05) is 72.8 Å². The number of carbonyl (C=O) groups is 1. The molecule has 0 fully saturated rings. The van der Waals surface area contributed by atoms with Gasteiger partial charge in [0.2, 0.25) is 5.91 Å². The second-order valence-corrected chi connectivity index (χ2v) is 7.43. The SMILES string of the molecule is CN(C(=O)C=Cc1nc2ccccc2s1)C(c1ccccc1)c1ccccn1. The lowest BCUT2D eigenvalue weighted by molar-refractivity contribution is -0.126. The van der Waals surface area contributed by atoms with Crippen LogP contribution in [0.15, 0.2) is 85.1 Å². The van der Waals surface area contributed by atoms with Gasteiger partial charge in [0.05, 0.1) is 22.0 Å². The molecule has 1 unspecified atom stereocenters. The van der Waals surface area contributed by atoms with Gasteiger partial charge < -0.3 is 4.90 Å². The molecule has 28 heavy (non-hydrogen) atoms. The Morgan fingerprint density at radius 3 is 2.50 bits per heavy atom. The third kappa shape index (κ3) is 3.85. The zero-order valence-corrected chi connectivity index (χ0v) is 16.2. The number of amides is 1. The van der Waals surface area contributed by atoms with E-state index < -0.39 is 0 Å². The number of aromatic nitrogens is 2. The molecule has 0 aliphatic heterocycles. The quantitative estimate of drug-likeness (QED) is 0.457. The van der Waals surface area contributed by atoms with Crippen molar-refractivity contribution >= 4 is 33.5 Å². The number of thiazole rings is 1. The fourth-order valence-corrected chi connectivity index (χ4v) is 3.98. The minimum Gasteiger partial charge on any atom is -0.329 e. The number of fused-ring (bicyclic) bond motifs is 1. The molecule has 0 spiro atoms. The van der Waals surface area contributed by atoms with Crippen molar-refractivity contribution in [1.82, 2.24) is 14.9 Å². The van der Waals surface area contributed by atoms with Crippen LogP contribution < -0.4 is 0 Å². The van der Waals surface area contributed by atoms with Crippen LogP contribution in [0.5, 0.6) is 0 Å². The van der Waals surface area contributed by atoms with Crippen LogP contribution in [-0.2, 0) is 4.79 Å². The fourth-order valence-electron chi connectivity index (χ4n) is 3.11. The molecule has 1 atom stereocenters. The van der Waals surface area contributed by atoms with Crippen molar-refractivity contribution in [1.29, 1.82) is 0 Å². The molecule has 0 radical (unpaired) electrons. The lowest BCUT2D eigenvalue weighted by Gasteiger charge is -2.27.